The molecule has 0 bridgehead atoms. The van der Waals surface area contributed by atoms with Crippen LogP contribution in [0.15, 0.2) is 0 Å². The molecule has 2 unspecified atom stereocenters. The molecule has 1 nitrogen and oxygen atoms in total. The van der Waals surface area contributed by atoms with Gasteiger partial charge in [0.2, 0.25) is 0 Å². The summed E-state index contributed by atoms with van der Waals surface area (Å²) in [5.41, 5.74) is 0.503. The largest absolute Gasteiger partial charge is 0.311 e. The van der Waals surface area contributed by atoms with E-state index in [9.17, 15) is 4.39 Å². The van der Waals surface area contributed by atoms with Crippen LogP contribution < -0.4 is 5.32 Å². The van der Waals surface area contributed by atoms with Crippen molar-refractivity contribution in [2.45, 2.75) is 33.2 Å². The number of alkyl halides is 1. The molecule has 11 heavy (non-hydrogen) atoms. The third-order valence-electron chi connectivity index (χ3n) is 2.75. The molecule has 1 N–H and O–H groups in total. The van der Waals surface area contributed by atoms with Crippen molar-refractivity contribution in [3.63, 3.8) is 0 Å². The summed E-state index contributed by atoms with van der Waals surface area (Å²) in [5, 5.41) is 3.17. The monoisotopic (exact) mass is 159 g/mol. The van der Waals surface area contributed by atoms with Crippen LogP contribution in [0.25, 0.3) is 0 Å². The summed E-state index contributed by atoms with van der Waals surface area (Å²) in [4.78, 5) is 0. The maximum Gasteiger partial charge on any atom is 0.102 e. The molecule has 0 saturated heterocycles. The highest BCUT2D eigenvalue weighted by Crippen LogP contribution is 2.53. The highest BCUT2D eigenvalue weighted by molar-refractivity contribution is 5.00. The van der Waals surface area contributed by atoms with Crippen LogP contribution in [0, 0.1) is 11.3 Å². The maximum absolute atomic E-state index is 11.8. The molecule has 2 atom stereocenters. The Morgan fingerprint density at radius 1 is 1.64 bits per heavy atom. The molecule has 1 aliphatic carbocycles. The van der Waals surface area contributed by atoms with Crippen LogP contribution in [0.5, 0.6) is 0 Å². The Kier molecular flexibility index (Phi) is 2.53. The average Bonchev–Trinajstić information content (AvgIpc) is 2.55. The van der Waals surface area contributed by atoms with Gasteiger partial charge in [0, 0.05) is 12.6 Å². The molecule has 1 rings (SSSR count). The first-order valence-corrected chi connectivity index (χ1v) is 4.37. The van der Waals surface area contributed by atoms with E-state index in [1.807, 2.05) is 0 Å². The van der Waals surface area contributed by atoms with Gasteiger partial charge in [-0.15, -0.1) is 0 Å². The second kappa shape index (κ2) is 3.10. The lowest BCUT2D eigenvalue weighted by atomic mass is 10.1. The number of nitrogens with one attached hydrogen (secondary N) is 1. The zero-order valence-electron chi connectivity index (χ0n) is 7.65. The fourth-order valence-corrected chi connectivity index (χ4v) is 1.79. The van der Waals surface area contributed by atoms with E-state index >= 15 is 0 Å². The zero-order valence-corrected chi connectivity index (χ0v) is 7.65. The fraction of sp³-hybridized carbons (Fsp3) is 1.00. The van der Waals surface area contributed by atoms with Crippen molar-refractivity contribution < 1.29 is 4.39 Å². The van der Waals surface area contributed by atoms with Crippen molar-refractivity contribution in [3.8, 4) is 0 Å². The first-order chi connectivity index (χ1) is 5.08. The van der Waals surface area contributed by atoms with E-state index in [4.69, 9.17) is 0 Å². The number of halogens is 1. The molecule has 0 aromatic heterocycles. The van der Waals surface area contributed by atoms with Gasteiger partial charge in [0.25, 0.3) is 0 Å². The number of rotatable bonds is 4. The van der Waals surface area contributed by atoms with Gasteiger partial charge >= 0.3 is 0 Å². The first-order valence-electron chi connectivity index (χ1n) is 4.37. The van der Waals surface area contributed by atoms with E-state index in [1.165, 1.54) is 6.42 Å². The van der Waals surface area contributed by atoms with E-state index in [0.29, 0.717) is 18.0 Å². The van der Waals surface area contributed by atoms with Gasteiger partial charge in [-0.2, -0.15) is 0 Å². The molecule has 0 aliphatic heterocycles. The Hall–Kier alpha value is -0.110. The van der Waals surface area contributed by atoms with E-state index in [-0.39, 0.29) is 6.67 Å². The van der Waals surface area contributed by atoms with E-state index in [1.54, 1.807) is 0 Å². The van der Waals surface area contributed by atoms with E-state index in [2.05, 4.69) is 26.1 Å². The van der Waals surface area contributed by atoms with Crippen LogP contribution in [0.4, 0.5) is 4.39 Å². The van der Waals surface area contributed by atoms with Crippen LogP contribution in [-0.4, -0.2) is 19.3 Å². The van der Waals surface area contributed by atoms with Gasteiger partial charge in [-0.25, -0.2) is 4.39 Å². The second-order valence-electron chi connectivity index (χ2n) is 4.23. The maximum atomic E-state index is 11.8. The van der Waals surface area contributed by atoms with Gasteiger partial charge in [0.15, 0.2) is 0 Å². The molecular weight excluding hydrogens is 141 g/mol. The summed E-state index contributed by atoms with van der Waals surface area (Å²) >= 11 is 0. The van der Waals surface area contributed by atoms with Gasteiger partial charge in [0.1, 0.15) is 6.67 Å². The predicted molar refractivity (Wildman–Crippen MR) is 45.3 cm³/mol. The quantitative estimate of drug-likeness (QED) is 0.661. The summed E-state index contributed by atoms with van der Waals surface area (Å²) in [6, 6.07) is 0.487. The Morgan fingerprint density at radius 2 is 2.18 bits per heavy atom. The Bertz CT molecular complexity index is 134. The Labute approximate surface area is 68.4 Å². The minimum absolute atomic E-state index is 0.252. The molecule has 0 spiro atoms. The third-order valence-corrected chi connectivity index (χ3v) is 2.75. The smallest absolute Gasteiger partial charge is 0.102 e. The van der Waals surface area contributed by atoms with Crippen LogP contribution in [-0.2, 0) is 0 Å². The molecule has 0 aromatic rings. The molecule has 0 aromatic carbocycles. The van der Waals surface area contributed by atoms with E-state index < -0.39 is 0 Å². The molecule has 1 aliphatic rings. The molecule has 0 radical (unpaired) electrons. The lowest BCUT2D eigenvalue weighted by molar-refractivity contribution is 0.393. The second-order valence-corrected chi connectivity index (χ2v) is 4.23. The lowest BCUT2D eigenvalue weighted by Gasteiger charge is -2.13. The van der Waals surface area contributed by atoms with Crippen LogP contribution in [0.2, 0.25) is 0 Å². The normalized spacial score (nSPS) is 30.0. The number of hydrogen-bond donors (Lipinski definition) is 1. The van der Waals surface area contributed by atoms with Crippen molar-refractivity contribution in [1.82, 2.24) is 5.32 Å². The topological polar surface area (TPSA) is 12.0 Å². The standard InChI is InChI=1S/C9H18FN/c1-7(11-5-4-10)8-6-9(8,2)3/h7-8,11H,4-6H2,1-3H3. The molecule has 0 heterocycles. The molecule has 2 heteroatoms. The van der Waals surface area contributed by atoms with Crippen molar-refractivity contribution >= 4 is 0 Å². The van der Waals surface area contributed by atoms with Gasteiger partial charge in [0.05, 0.1) is 0 Å². The Morgan fingerprint density at radius 3 is 2.55 bits per heavy atom. The molecule has 1 saturated carbocycles. The molecular formula is C9H18FN. The van der Waals surface area contributed by atoms with Crippen molar-refractivity contribution in [2.75, 3.05) is 13.2 Å². The Balaban J connectivity index is 2.17. The average molecular weight is 159 g/mol. The van der Waals surface area contributed by atoms with Crippen molar-refractivity contribution in [1.29, 1.82) is 0 Å². The van der Waals surface area contributed by atoms with Crippen LogP contribution in [0.3, 0.4) is 0 Å². The molecule has 66 valence electrons. The fourth-order valence-electron chi connectivity index (χ4n) is 1.79. The summed E-state index contributed by atoms with van der Waals surface area (Å²) in [7, 11) is 0. The summed E-state index contributed by atoms with van der Waals surface area (Å²) in [6.45, 7) is 6.94. The van der Waals surface area contributed by atoms with Crippen LogP contribution >= 0.6 is 0 Å². The van der Waals surface area contributed by atoms with E-state index in [0.717, 1.165) is 5.92 Å². The SMILES string of the molecule is CC(NCCF)C1CC1(C)C. The third kappa shape index (κ3) is 2.16. The summed E-state index contributed by atoms with van der Waals surface area (Å²) in [5.74, 6) is 0.758. The van der Waals surface area contributed by atoms with Crippen molar-refractivity contribution in [2.24, 2.45) is 11.3 Å². The van der Waals surface area contributed by atoms with Gasteiger partial charge < -0.3 is 5.32 Å². The minimum atomic E-state index is -0.252. The van der Waals surface area contributed by atoms with Crippen molar-refractivity contribution in [3.05, 3.63) is 0 Å². The first kappa shape index (κ1) is 8.98. The number of hydrogen-bond acceptors (Lipinski definition) is 1. The zero-order chi connectivity index (χ0) is 8.48. The summed E-state index contributed by atoms with van der Waals surface area (Å²) < 4.78 is 11.8. The predicted octanol–water partition coefficient (Wildman–Crippen LogP) is 1.98. The molecule has 1 fully saturated rings. The van der Waals surface area contributed by atoms with Crippen LogP contribution in [0.1, 0.15) is 27.2 Å². The van der Waals surface area contributed by atoms with Gasteiger partial charge in [-0.3, -0.25) is 0 Å². The molecule has 0 amide bonds. The lowest BCUT2D eigenvalue weighted by Crippen LogP contribution is -2.31. The summed E-state index contributed by atoms with van der Waals surface area (Å²) in [6.07, 6.45) is 1.29. The van der Waals surface area contributed by atoms with Gasteiger partial charge in [-0.1, -0.05) is 13.8 Å². The highest BCUT2D eigenvalue weighted by Gasteiger charge is 2.48. The highest BCUT2D eigenvalue weighted by atomic mass is 19.1. The minimum Gasteiger partial charge on any atom is -0.311 e. The van der Waals surface area contributed by atoms with Gasteiger partial charge in [-0.05, 0) is 24.7 Å².